The number of hydrogen-bond donors (Lipinski definition) is 1. The van der Waals surface area contributed by atoms with Gasteiger partial charge in [0, 0.05) is 29.5 Å². The number of furan rings is 1. The molecule has 25 heavy (non-hydrogen) atoms. The Balaban J connectivity index is 1.55. The molecule has 0 aliphatic heterocycles. The number of aromatic amines is 1. The highest BCUT2D eigenvalue weighted by atomic mass is 16.3. The summed E-state index contributed by atoms with van der Waals surface area (Å²) in [5, 5.41) is 2.16. The van der Waals surface area contributed by atoms with Crippen molar-refractivity contribution in [2.45, 2.75) is 19.4 Å². The molecule has 0 aliphatic rings. The van der Waals surface area contributed by atoms with Crippen LogP contribution in [0.3, 0.4) is 0 Å². The molecule has 2 heterocycles. The van der Waals surface area contributed by atoms with Gasteiger partial charge < -0.3 is 14.3 Å². The van der Waals surface area contributed by atoms with Crippen molar-refractivity contribution in [1.29, 1.82) is 0 Å². The molecule has 126 valence electrons. The summed E-state index contributed by atoms with van der Waals surface area (Å²) in [5.74, 6) is 0.869. The van der Waals surface area contributed by atoms with E-state index in [2.05, 4.69) is 4.98 Å². The van der Waals surface area contributed by atoms with Crippen LogP contribution in [0.15, 0.2) is 65.2 Å². The number of nitrogens with one attached hydrogen (secondary N) is 1. The predicted octanol–water partition coefficient (Wildman–Crippen LogP) is 4.68. The second kappa shape index (κ2) is 6.13. The number of nitrogens with zero attached hydrogens (tertiary/aromatic N) is 1. The molecule has 0 fully saturated rings. The number of benzene rings is 2. The van der Waals surface area contributed by atoms with Gasteiger partial charge in [-0.25, -0.2) is 0 Å². The highest BCUT2D eigenvalue weighted by Crippen LogP contribution is 2.27. The van der Waals surface area contributed by atoms with E-state index in [1.165, 1.54) is 0 Å². The number of rotatable bonds is 4. The van der Waals surface area contributed by atoms with Gasteiger partial charge in [0.15, 0.2) is 0 Å². The van der Waals surface area contributed by atoms with Crippen LogP contribution < -0.4 is 0 Å². The van der Waals surface area contributed by atoms with Crippen LogP contribution in [-0.2, 0) is 11.2 Å². The lowest BCUT2D eigenvalue weighted by molar-refractivity contribution is -0.131. The monoisotopic (exact) mass is 332 g/mol. The number of amides is 1. The average molecular weight is 332 g/mol. The molecule has 0 radical (unpaired) electrons. The van der Waals surface area contributed by atoms with E-state index in [0.717, 1.165) is 33.2 Å². The topological polar surface area (TPSA) is 49.2 Å². The fourth-order valence-electron chi connectivity index (χ4n) is 3.18. The first-order valence-corrected chi connectivity index (χ1v) is 8.42. The summed E-state index contributed by atoms with van der Waals surface area (Å²) in [6, 6.07) is 17.8. The smallest absolute Gasteiger partial charge is 0.227 e. The number of H-pyrrole nitrogens is 1. The second-order valence-corrected chi connectivity index (χ2v) is 6.40. The van der Waals surface area contributed by atoms with E-state index in [1.54, 1.807) is 4.90 Å². The Kier molecular flexibility index (Phi) is 3.80. The fourth-order valence-corrected chi connectivity index (χ4v) is 3.18. The van der Waals surface area contributed by atoms with Gasteiger partial charge >= 0.3 is 0 Å². The first-order chi connectivity index (χ1) is 12.1. The molecule has 1 N–H and O–H groups in total. The third kappa shape index (κ3) is 2.80. The molecular formula is C21H20N2O2. The second-order valence-electron chi connectivity index (χ2n) is 6.40. The third-order valence-electron chi connectivity index (χ3n) is 4.85. The molecule has 0 aliphatic carbocycles. The zero-order valence-corrected chi connectivity index (χ0v) is 14.3. The lowest BCUT2D eigenvalue weighted by Gasteiger charge is -2.23. The Bertz CT molecular complexity index is 1010. The third-order valence-corrected chi connectivity index (χ3v) is 4.85. The van der Waals surface area contributed by atoms with Crippen molar-refractivity contribution in [3.05, 3.63) is 72.1 Å². The van der Waals surface area contributed by atoms with Gasteiger partial charge in [0.05, 0.1) is 12.5 Å². The SMILES string of the molecule is CC(c1cc2ccccc2o1)N(C)C(=O)Cc1c[nH]c2ccccc12. The van der Waals surface area contributed by atoms with Crippen molar-refractivity contribution in [2.75, 3.05) is 7.05 Å². The fraction of sp³-hybridized carbons (Fsp3) is 0.190. The lowest BCUT2D eigenvalue weighted by atomic mass is 10.1. The van der Waals surface area contributed by atoms with Crippen molar-refractivity contribution >= 4 is 27.8 Å². The molecule has 0 saturated heterocycles. The molecule has 4 aromatic rings. The normalized spacial score (nSPS) is 12.6. The molecule has 4 heteroatoms. The van der Waals surface area contributed by atoms with Gasteiger partial charge in [-0.2, -0.15) is 0 Å². The summed E-state index contributed by atoms with van der Waals surface area (Å²) in [4.78, 5) is 17.7. The van der Waals surface area contributed by atoms with E-state index in [0.29, 0.717) is 6.42 Å². The van der Waals surface area contributed by atoms with Crippen molar-refractivity contribution in [2.24, 2.45) is 0 Å². The van der Waals surface area contributed by atoms with Crippen LogP contribution in [0.4, 0.5) is 0 Å². The maximum absolute atomic E-state index is 12.8. The van der Waals surface area contributed by atoms with E-state index >= 15 is 0 Å². The quantitative estimate of drug-likeness (QED) is 0.590. The van der Waals surface area contributed by atoms with Crippen LogP contribution in [0.1, 0.15) is 24.3 Å². The van der Waals surface area contributed by atoms with E-state index < -0.39 is 0 Å². The molecule has 4 nitrogen and oxygen atoms in total. The summed E-state index contributed by atoms with van der Waals surface area (Å²) >= 11 is 0. The Hall–Kier alpha value is -3.01. The van der Waals surface area contributed by atoms with Crippen LogP contribution in [0.25, 0.3) is 21.9 Å². The highest BCUT2D eigenvalue weighted by molar-refractivity contribution is 5.89. The van der Waals surface area contributed by atoms with Crippen LogP contribution in [0, 0.1) is 0 Å². The van der Waals surface area contributed by atoms with Crippen molar-refractivity contribution < 1.29 is 9.21 Å². The zero-order valence-electron chi connectivity index (χ0n) is 14.3. The molecule has 1 amide bonds. The summed E-state index contributed by atoms with van der Waals surface area (Å²) < 4.78 is 5.91. The van der Waals surface area contributed by atoms with Gasteiger partial charge in [0.1, 0.15) is 11.3 Å². The molecular weight excluding hydrogens is 312 g/mol. The summed E-state index contributed by atoms with van der Waals surface area (Å²) in [5.41, 5.74) is 2.92. The van der Waals surface area contributed by atoms with E-state index in [1.807, 2.05) is 74.8 Å². The molecule has 1 atom stereocenters. The van der Waals surface area contributed by atoms with Gasteiger partial charge in [-0.05, 0) is 30.7 Å². The number of para-hydroxylation sites is 2. The van der Waals surface area contributed by atoms with Gasteiger partial charge in [-0.3, -0.25) is 4.79 Å². The molecule has 2 aromatic heterocycles. The molecule has 1 unspecified atom stereocenters. The Morgan fingerprint density at radius 3 is 2.76 bits per heavy atom. The largest absolute Gasteiger partial charge is 0.459 e. The molecule has 0 bridgehead atoms. The number of likely N-dealkylation sites (N-methyl/N-ethyl adjacent to an activating group) is 1. The maximum Gasteiger partial charge on any atom is 0.227 e. The minimum atomic E-state index is -0.120. The van der Waals surface area contributed by atoms with Crippen molar-refractivity contribution in [1.82, 2.24) is 9.88 Å². The average Bonchev–Trinajstić information content (AvgIpc) is 3.25. The van der Waals surface area contributed by atoms with Gasteiger partial charge in [-0.15, -0.1) is 0 Å². The Labute approximate surface area is 146 Å². The van der Waals surface area contributed by atoms with Crippen molar-refractivity contribution in [3.8, 4) is 0 Å². The summed E-state index contributed by atoms with van der Waals surface area (Å²) in [7, 11) is 1.83. The van der Waals surface area contributed by atoms with Crippen LogP contribution in [-0.4, -0.2) is 22.8 Å². The lowest BCUT2D eigenvalue weighted by Crippen LogP contribution is -2.30. The molecule has 4 rings (SSSR count). The van der Waals surface area contributed by atoms with E-state index in [9.17, 15) is 4.79 Å². The summed E-state index contributed by atoms with van der Waals surface area (Å²) in [6.07, 6.45) is 2.29. The van der Waals surface area contributed by atoms with Crippen LogP contribution >= 0.6 is 0 Å². The molecule has 0 saturated carbocycles. The van der Waals surface area contributed by atoms with E-state index in [4.69, 9.17) is 4.42 Å². The number of aromatic nitrogens is 1. The standard InChI is InChI=1S/C21H20N2O2/c1-14(20-11-15-7-3-6-10-19(15)25-20)23(2)21(24)12-16-13-22-18-9-5-4-8-17(16)18/h3-11,13-14,22H,12H2,1-2H3. The minimum absolute atomic E-state index is 0.0673. The number of hydrogen-bond acceptors (Lipinski definition) is 2. The van der Waals surface area contributed by atoms with Crippen LogP contribution in [0.5, 0.6) is 0 Å². The first kappa shape index (κ1) is 15.5. The maximum atomic E-state index is 12.8. The van der Waals surface area contributed by atoms with Gasteiger partial charge in [0.25, 0.3) is 0 Å². The molecule has 2 aromatic carbocycles. The number of carbonyl (C=O) groups is 1. The molecule has 0 spiro atoms. The Morgan fingerprint density at radius 2 is 1.92 bits per heavy atom. The van der Waals surface area contributed by atoms with Gasteiger partial charge in [0.2, 0.25) is 5.91 Å². The van der Waals surface area contributed by atoms with Crippen LogP contribution in [0.2, 0.25) is 0 Å². The Morgan fingerprint density at radius 1 is 1.16 bits per heavy atom. The highest BCUT2D eigenvalue weighted by Gasteiger charge is 2.21. The first-order valence-electron chi connectivity index (χ1n) is 8.42. The summed E-state index contributed by atoms with van der Waals surface area (Å²) in [6.45, 7) is 1.99. The predicted molar refractivity (Wildman–Crippen MR) is 99.4 cm³/mol. The van der Waals surface area contributed by atoms with Crippen molar-refractivity contribution in [3.63, 3.8) is 0 Å². The number of carbonyl (C=O) groups excluding carboxylic acids is 1. The minimum Gasteiger partial charge on any atom is -0.459 e. The van der Waals surface area contributed by atoms with E-state index in [-0.39, 0.29) is 11.9 Å². The number of fused-ring (bicyclic) bond motifs is 2. The zero-order chi connectivity index (χ0) is 17.4. The van der Waals surface area contributed by atoms with Gasteiger partial charge in [-0.1, -0.05) is 36.4 Å².